The van der Waals surface area contributed by atoms with E-state index in [4.69, 9.17) is 0 Å². The van der Waals surface area contributed by atoms with Gasteiger partial charge in [0.1, 0.15) is 0 Å². The summed E-state index contributed by atoms with van der Waals surface area (Å²) in [6.45, 7) is 6.57. The van der Waals surface area contributed by atoms with Gasteiger partial charge in [0.2, 0.25) is 0 Å². The molecule has 6 nitrogen and oxygen atoms in total. The van der Waals surface area contributed by atoms with Crippen LogP contribution in [0.5, 0.6) is 0 Å². The smallest absolute Gasteiger partial charge is 0.272 e. The van der Waals surface area contributed by atoms with Gasteiger partial charge in [-0.1, -0.05) is 0 Å². The van der Waals surface area contributed by atoms with Crippen LogP contribution in [0, 0.1) is 17.0 Å². The van der Waals surface area contributed by atoms with Crippen molar-refractivity contribution in [2.45, 2.75) is 33.4 Å². The normalized spacial score (nSPS) is 10.8. The monoisotopic (exact) mass is 274 g/mol. The minimum absolute atomic E-state index is 0.141. The third kappa shape index (κ3) is 2.96. The highest BCUT2D eigenvalue weighted by atomic mass is 16.6. The summed E-state index contributed by atoms with van der Waals surface area (Å²) >= 11 is 0. The van der Waals surface area contributed by atoms with Gasteiger partial charge in [-0.3, -0.25) is 10.1 Å². The van der Waals surface area contributed by atoms with Crippen molar-refractivity contribution < 1.29 is 4.92 Å². The molecule has 1 N–H and O–H groups in total. The van der Waals surface area contributed by atoms with E-state index in [0.717, 1.165) is 11.4 Å². The number of aromatic nitrogens is 2. The summed E-state index contributed by atoms with van der Waals surface area (Å²) in [7, 11) is 0. The molecule has 0 atom stereocenters. The zero-order chi connectivity index (χ0) is 14.7. The average molecular weight is 274 g/mol. The Bertz CT molecular complexity index is 619. The highest BCUT2D eigenvalue weighted by molar-refractivity contribution is 5.53. The number of benzene rings is 1. The first kappa shape index (κ1) is 14.0. The van der Waals surface area contributed by atoms with Gasteiger partial charge in [0.25, 0.3) is 5.69 Å². The van der Waals surface area contributed by atoms with Crippen LogP contribution in [0.15, 0.2) is 30.7 Å². The van der Waals surface area contributed by atoms with Crippen molar-refractivity contribution in [1.29, 1.82) is 0 Å². The fraction of sp³-hybridized carbons (Fsp3) is 0.357. The van der Waals surface area contributed by atoms with Crippen molar-refractivity contribution in [3.63, 3.8) is 0 Å². The number of aryl methyl sites for hydroxylation is 1. The first-order chi connectivity index (χ1) is 9.49. The molecule has 2 aromatic rings. The minimum Gasteiger partial charge on any atom is -0.379 e. The largest absolute Gasteiger partial charge is 0.379 e. The second kappa shape index (κ2) is 5.73. The summed E-state index contributed by atoms with van der Waals surface area (Å²) < 4.78 is 2.09. The van der Waals surface area contributed by atoms with Crippen molar-refractivity contribution in [2.24, 2.45) is 0 Å². The first-order valence-corrected chi connectivity index (χ1v) is 6.48. The van der Waals surface area contributed by atoms with E-state index in [1.165, 1.54) is 6.07 Å². The topological polar surface area (TPSA) is 73.0 Å². The van der Waals surface area contributed by atoms with Crippen molar-refractivity contribution >= 4 is 11.4 Å². The van der Waals surface area contributed by atoms with E-state index in [-0.39, 0.29) is 10.6 Å². The second-order valence-electron chi connectivity index (χ2n) is 5.00. The summed E-state index contributed by atoms with van der Waals surface area (Å²) in [5, 5.41) is 14.0. The Balaban J connectivity index is 2.09. The first-order valence-electron chi connectivity index (χ1n) is 6.48. The summed E-state index contributed by atoms with van der Waals surface area (Å²) in [6, 6.07) is 5.39. The summed E-state index contributed by atoms with van der Waals surface area (Å²) in [5.74, 6) is 0. The number of hydrogen-bond donors (Lipinski definition) is 1. The van der Waals surface area contributed by atoms with Crippen LogP contribution in [0.4, 0.5) is 11.4 Å². The third-order valence-electron chi connectivity index (χ3n) is 3.17. The van der Waals surface area contributed by atoms with Crippen LogP contribution in [0.1, 0.15) is 31.1 Å². The van der Waals surface area contributed by atoms with Gasteiger partial charge in [-0.25, -0.2) is 4.98 Å². The summed E-state index contributed by atoms with van der Waals surface area (Å²) in [5.41, 5.74) is 2.74. The van der Waals surface area contributed by atoms with Crippen molar-refractivity contribution in [3.05, 3.63) is 52.1 Å². The van der Waals surface area contributed by atoms with E-state index in [9.17, 15) is 10.1 Å². The van der Waals surface area contributed by atoms with Gasteiger partial charge in [-0.05, 0) is 32.9 Å². The number of hydrogen-bond acceptors (Lipinski definition) is 4. The lowest BCUT2D eigenvalue weighted by atomic mass is 10.2. The van der Waals surface area contributed by atoms with Crippen LogP contribution in [0.3, 0.4) is 0 Å². The maximum atomic E-state index is 10.8. The quantitative estimate of drug-likeness (QED) is 0.670. The molecule has 0 bridgehead atoms. The Labute approximate surface area is 117 Å². The molecule has 20 heavy (non-hydrogen) atoms. The van der Waals surface area contributed by atoms with Crippen LogP contribution < -0.4 is 5.32 Å². The molecule has 0 saturated carbocycles. The van der Waals surface area contributed by atoms with Gasteiger partial charge < -0.3 is 9.88 Å². The molecule has 0 aliphatic heterocycles. The number of imidazole rings is 1. The number of nitrogens with zero attached hydrogens (tertiary/aromatic N) is 3. The third-order valence-corrected chi connectivity index (χ3v) is 3.17. The molecule has 0 radical (unpaired) electrons. The van der Waals surface area contributed by atoms with Crippen LogP contribution in [-0.2, 0) is 6.54 Å². The standard InChI is InChI=1S/C14H18N4O2/c1-10(2)17-9-15-7-13(17)8-16-12-4-5-14(18(19)20)11(3)6-12/h4-7,9-10,16H,8H2,1-3H3. The molecule has 0 aliphatic carbocycles. The molecule has 106 valence electrons. The summed E-state index contributed by atoms with van der Waals surface area (Å²) in [4.78, 5) is 14.5. The number of nitro groups is 1. The Hall–Kier alpha value is -2.37. The molecule has 0 amide bonds. The molecular weight excluding hydrogens is 256 g/mol. The lowest BCUT2D eigenvalue weighted by Crippen LogP contribution is -2.09. The Kier molecular flexibility index (Phi) is 4.02. The fourth-order valence-corrected chi connectivity index (χ4v) is 2.10. The zero-order valence-corrected chi connectivity index (χ0v) is 11.8. The molecule has 0 aliphatic rings. The minimum atomic E-state index is -0.368. The van der Waals surface area contributed by atoms with Crippen molar-refractivity contribution in [3.8, 4) is 0 Å². The molecule has 2 rings (SSSR count). The predicted molar refractivity (Wildman–Crippen MR) is 77.8 cm³/mol. The van der Waals surface area contributed by atoms with E-state index in [1.54, 1.807) is 19.1 Å². The fourth-order valence-electron chi connectivity index (χ4n) is 2.10. The van der Waals surface area contributed by atoms with Crippen molar-refractivity contribution in [1.82, 2.24) is 9.55 Å². The number of nitrogens with one attached hydrogen (secondary N) is 1. The highest BCUT2D eigenvalue weighted by Crippen LogP contribution is 2.22. The van der Waals surface area contributed by atoms with E-state index >= 15 is 0 Å². The molecular formula is C14H18N4O2. The maximum Gasteiger partial charge on any atom is 0.272 e. The van der Waals surface area contributed by atoms with Gasteiger partial charge in [-0.2, -0.15) is 0 Å². The van der Waals surface area contributed by atoms with Crippen molar-refractivity contribution in [2.75, 3.05) is 5.32 Å². The van der Waals surface area contributed by atoms with Crippen LogP contribution in [0.25, 0.3) is 0 Å². The van der Waals surface area contributed by atoms with E-state index < -0.39 is 0 Å². The van der Waals surface area contributed by atoms with E-state index in [0.29, 0.717) is 18.2 Å². The van der Waals surface area contributed by atoms with Crippen LogP contribution >= 0.6 is 0 Å². The number of anilines is 1. The Morgan fingerprint density at radius 3 is 2.80 bits per heavy atom. The summed E-state index contributed by atoms with van der Waals surface area (Å²) in [6.07, 6.45) is 3.63. The maximum absolute atomic E-state index is 10.8. The molecule has 1 aromatic heterocycles. The predicted octanol–water partition coefficient (Wildman–Crippen LogP) is 3.29. The van der Waals surface area contributed by atoms with Gasteiger partial charge in [0.15, 0.2) is 0 Å². The lowest BCUT2D eigenvalue weighted by Gasteiger charge is -2.13. The van der Waals surface area contributed by atoms with Crippen LogP contribution in [-0.4, -0.2) is 14.5 Å². The number of nitro benzene ring substituents is 1. The van der Waals surface area contributed by atoms with Gasteiger partial charge >= 0.3 is 0 Å². The lowest BCUT2D eigenvalue weighted by molar-refractivity contribution is -0.385. The SMILES string of the molecule is Cc1cc(NCc2cncn2C(C)C)ccc1[N+](=O)[O-]. The second-order valence-corrected chi connectivity index (χ2v) is 5.00. The molecule has 1 aromatic carbocycles. The zero-order valence-electron chi connectivity index (χ0n) is 11.8. The molecule has 0 unspecified atom stereocenters. The van der Waals surface area contributed by atoms with Crippen LogP contribution in [0.2, 0.25) is 0 Å². The van der Waals surface area contributed by atoms with Gasteiger partial charge in [0, 0.05) is 29.6 Å². The molecule has 0 spiro atoms. The molecule has 0 saturated heterocycles. The Morgan fingerprint density at radius 2 is 2.20 bits per heavy atom. The highest BCUT2D eigenvalue weighted by Gasteiger charge is 2.10. The molecule has 1 heterocycles. The molecule has 6 heteroatoms. The average Bonchev–Trinajstić information content (AvgIpc) is 2.84. The number of rotatable bonds is 5. The molecule has 0 fully saturated rings. The Morgan fingerprint density at radius 1 is 1.45 bits per heavy atom. The van der Waals surface area contributed by atoms with E-state index in [1.807, 2.05) is 12.5 Å². The van der Waals surface area contributed by atoms with Gasteiger partial charge in [-0.15, -0.1) is 0 Å². The van der Waals surface area contributed by atoms with Gasteiger partial charge in [0.05, 0.1) is 23.5 Å². The van der Waals surface area contributed by atoms with E-state index in [2.05, 4.69) is 28.7 Å².